The Balaban J connectivity index is 2.27. The van der Waals surface area contributed by atoms with Crippen LogP contribution in [0.4, 0.5) is 0 Å². The fraction of sp³-hybridized carbons (Fsp3) is 0.400. The third kappa shape index (κ3) is 4.31. The van der Waals surface area contributed by atoms with E-state index < -0.39 is 0 Å². The van der Waals surface area contributed by atoms with Crippen LogP contribution in [-0.4, -0.2) is 21.8 Å². The summed E-state index contributed by atoms with van der Waals surface area (Å²) in [6, 6.07) is 12.4. The molecule has 4 nitrogen and oxygen atoms in total. The first-order valence-corrected chi connectivity index (χ1v) is 10.0. The molecule has 0 radical (unpaired) electrons. The van der Waals surface area contributed by atoms with Crippen LogP contribution in [0.3, 0.4) is 0 Å². The summed E-state index contributed by atoms with van der Waals surface area (Å²) in [7, 11) is 1.67. The number of ether oxygens (including phenoxy) is 1. The standard InChI is InChI=1S/C25H32N2O2/c1-24(2,3)20-14-18(15-21(23(20)28)25(4,5)6)22(27-13-12-26-16-27)17-8-10-19(29-7)11-9-17/h8-16,22,28H,1-7H3/t22-/m1/s1. The van der Waals surface area contributed by atoms with Crippen LogP contribution in [0.5, 0.6) is 11.5 Å². The van der Waals surface area contributed by atoms with Gasteiger partial charge in [0, 0.05) is 12.4 Å². The van der Waals surface area contributed by atoms with Crippen LogP contribution in [0.15, 0.2) is 55.1 Å². The number of aromatic nitrogens is 2. The molecule has 1 atom stereocenters. The Morgan fingerprint density at radius 3 is 1.86 bits per heavy atom. The van der Waals surface area contributed by atoms with Gasteiger partial charge in [-0.3, -0.25) is 0 Å². The number of hydrogen-bond acceptors (Lipinski definition) is 3. The number of aromatic hydroxyl groups is 1. The molecule has 0 saturated carbocycles. The van der Waals surface area contributed by atoms with Gasteiger partial charge in [-0.1, -0.05) is 53.7 Å². The Hall–Kier alpha value is -2.75. The Labute approximate surface area is 174 Å². The lowest BCUT2D eigenvalue weighted by atomic mass is 9.77. The highest BCUT2D eigenvalue weighted by molar-refractivity contribution is 5.52. The maximum absolute atomic E-state index is 11.1. The average Bonchev–Trinajstić information content (AvgIpc) is 3.16. The van der Waals surface area contributed by atoms with Gasteiger partial charge in [-0.25, -0.2) is 4.98 Å². The molecule has 1 heterocycles. The maximum Gasteiger partial charge on any atom is 0.123 e. The molecular formula is C25H32N2O2. The van der Waals surface area contributed by atoms with Crippen molar-refractivity contribution in [3.63, 3.8) is 0 Å². The fourth-order valence-electron chi connectivity index (χ4n) is 3.70. The van der Waals surface area contributed by atoms with Gasteiger partial charge in [0.1, 0.15) is 11.5 Å². The number of methoxy groups -OCH3 is 1. The molecule has 0 spiro atoms. The SMILES string of the molecule is COc1ccc([C@H](c2cc(C(C)(C)C)c(O)c(C(C)(C)C)c2)n2ccnc2)cc1. The summed E-state index contributed by atoms with van der Waals surface area (Å²) in [6.07, 6.45) is 5.62. The number of imidazole rings is 1. The molecule has 2 aromatic carbocycles. The molecule has 0 fully saturated rings. The molecule has 3 rings (SSSR count). The van der Waals surface area contributed by atoms with Gasteiger partial charge < -0.3 is 14.4 Å². The predicted octanol–water partition coefficient (Wildman–Crippen LogP) is 5.83. The van der Waals surface area contributed by atoms with E-state index >= 15 is 0 Å². The van der Waals surface area contributed by atoms with E-state index in [0.29, 0.717) is 5.75 Å². The monoisotopic (exact) mass is 392 g/mol. The first-order valence-electron chi connectivity index (χ1n) is 10.0. The van der Waals surface area contributed by atoms with Crippen molar-refractivity contribution in [2.75, 3.05) is 7.11 Å². The molecule has 0 aliphatic rings. The number of rotatable bonds is 4. The van der Waals surface area contributed by atoms with E-state index in [1.165, 1.54) is 0 Å². The van der Waals surface area contributed by atoms with Crippen molar-refractivity contribution in [2.24, 2.45) is 0 Å². The van der Waals surface area contributed by atoms with Gasteiger partial charge in [0.2, 0.25) is 0 Å². The number of phenols is 1. The summed E-state index contributed by atoms with van der Waals surface area (Å²) in [4.78, 5) is 4.28. The van der Waals surface area contributed by atoms with Gasteiger partial charge in [-0.15, -0.1) is 0 Å². The topological polar surface area (TPSA) is 47.3 Å². The highest BCUT2D eigenvalue weighted by Gasteiger charge is 2.29. The van der Waals surface area contributed by atoms with E-state index in [-0.39, 0.29) is 16.9 Å². The third-order valence-corrected chi connectivity index (χ3v) is 5.32. The van der Waals surface area contributed by atoms with E-state index in [1.54, 1.807) is 13.3 Å². The molecule has 0 saturated heterocycles. The van der Waals surface area contributed by atoms with E-state index in [4.69, 9.17) is 4.74 Å². The molecule has 0 amide bonds. The summed E-state index contributed by atoms with van der Waals surface area (Å²) < 4.78 is 7.44. The van der Waals surface area contributed by atoms with Crippen molar-refractivity contribution >= 4 is 0 Å². The largest absolute Gasteiger partial charge is 0.507 e. The summed E-state index contributed by atoms with van der Waals surface area (Å²) in [5, 5.41) is 11.1. The van der Waals surface area contributed by atoms with Crippen LogP contribution in [-0.2, 0) is 10.8 Å². The summed E-state index contributed by atoms with van der Waals surface area (Å²) in [5.74, 6) is 1.22. The van der Waals surface area contributed by atoms with Crippen molar-refractivity contribution in [2.45, 2.75) is 58.4 Å². The zero-order valence-electron chi connectivity index (χ0n) is 18.5. The van der Waals surface area contributed by atoms with Gasteiger partial charge in [-0.2, -0.15) is 0 Å². The third-order valence-electron chi connectivity index (χ3n) is 5.32. The number of hydrogen-bond donors (Lipinski definition) is 1. The van der Waals surface area contributed by atoms with Gasteiger partial charge in [0.05, 0.1) is 19.5 Å². The second kappa shape index (κ2) is 7.58. The Morgan fingerprint density at radius 1 is 0.897 bits per heavy atom. The molecule has 0 unspecified atom stereocenters. The normalized spacial score (nSPS) is 13.3. The minimum atomic E-state index is -0.181. The first-order chi connectivity index (χ1) is 13.5. The first kappa shape index (κ1) is 21.0. The summed E-state index contributed by atoms with van der Waals surface area (Å²) in [5.41, 5.74) is 3.81. The van der Waals surface area contributed by atoms with Crippen LogP contribution in [0.1, 0.15) is 69.8 Å². The van der Waals surface area contributed by atoms with Crippen molar-refractivity contribution in [1.29, 1.82) is 0 Å². The minimum absolute atomic E-state index is 0.0498. The lowest BCUT2D eigenvalue weighted by Crippen LogP contribution is -2.20. The smallest absolute Gasteiger partial charge is 0.123 e. The maximum atomic E-state index is 11.1. The Morgan fingerprint density at radius 2 is 1.45 bits per heavy atom. The van der Waals surface area contributed by atoms with Gasteiger partial charge >= 0.3 is 0 Å². The molecule has 154 valence electrons. The van der Waals surface area contributed by atoms with Crippen molar-refractivity contribution in [1.82, 2.24) is 9.55 Å². The number of phenolic OH excluding ortho intramolecular Hbond substituents is 1. The highest BCUT2D eigenvalue weighted by Crippen LogP contribution is 2.42. The zero-order valence-corrected chi connectivity index (χ0v) is 18.5. The Bertz CT molecular complexity index is 925. The molecule has 3 aromatic rings. The van der Waals surface area contributed by atoms with Crippen LogP contribution in [0.2, 0.25) is 0 Å². The van der Waals surface area contributed by atoms with Gasteiger partial charge in [-0.05, 0) is 57.3 Å². The summed E-state index contributed by atoms with van der Waals surface area (Å²) >= 11 is 0. The predicted molar refractivity (Wildman–Crippen MR) is 118 cm³/mol. The molecule has 4 heteroatoms. The van der Waals surface area contributed by atoms with Crippen molar-refractivity contribution < 1.29 is 9.84 Å². The summed E-state index contributed by atoms with van der Waals surface area (Å²) in [6.45, 7) is 12.8. The van der Waals surface area contributed by atoms with E-state index in [2.05, 4.69) is 75.4 Å². The molecule has 0 aliphatic heterocycles. The van der Waals surface area contributed by atoms with Crippen molar-refractivity contribution in [3.05, 3.63) is 77.4 Å². The minimum Gasteiger partial charge on any atom is -0.507 e. The van der Waals surface area contributed by atoms with Crippen LogP contribution < -0.4 is 4.74 Å². The lowest BCUT2D eigenvalue weighted by molar-refractivity contribution is 0.414. The molecule has 0 aliphatic carbocycles. The van der Waals surface area contributed by atoms with Crippen molar-refractivity contribution in [3.8, 4) is 11.5 Å². The number of benzene rings is 2. The second-order valence-electron chi connectivity index (χ2n) is 9.65. The van der Waals surface area contributed by atoms with Crippen LogP contribution in [0, 0.1) is 0 Å². The van der Waals surface area contributed by atoms with Gasteiger partial charge in [0.15, 0.2) is 0 Å². The zero-order chi connectivity index (χ0) is 21.4. The fourth-order valence-corrected chi connectivity index (χ4v) is 3.70. The average molecular weight is 393 g/mol. The highest BCUT2D eigenvalue weighted by atomic mass is 16.5. The van der Waals surface area contributed by atoms with E-state index in [1.807, 2.05) is 24.7 Å². The molecular weight excluding hydrogens is 360 g/mol. The molecule has 1 N–H and O–H groups in total. The molecule has 0 bridgehead atoms. The second-order valence-corrected chi connectivity index (χ2v) is 9.65. The Kier molecular flexibility index (Phi) is 5.48. The quantitative estimate of drug-likeness (QED) is 0.608. The van der Waals surface area contributed by atoms with Gasteiger partial charge in [0.25, 0.3) is 0 Å². The number of nitrogens with zero attached hydrogens (tertiary/aromatic N) is 2. The van der Waals surface area contributed by atoms with E-state index in [0.717, 1.165) is 28.0 Å². The molecule has 29 heavy (non-hydrogen) atoms. The van der Waals surface area contributed by atoms with Crippen LogP contribution in [0.25, 0.3) is 0 Å². The molecule has 1 aromatic heterocycles. The van der Waals surface area contributed by atoms with E-state index in [9.17, 15) is 5.11 Å². The van der Waals surface area contributed by atoms with Crippen LogP contribution >= 0.6 is 0 Å². The lowest BCUT2D eigenvalue weighted by Gasteiger charge is -2.30.